The molecule has 2 nitrogen and oxygen atoms in total. The Labute approximate surface area is 117 Å². The lowest BCUT2D eigenvalue weighted by Gasteiger charge is -2.25. The van der Waals surface area contributed by atoms with Gasteiger partial charge in [-0.15, -0.1) is 0 Å². The minimum absolute atomic E-state index is 0.690. The van der Waals surface area contributed by atoms with E-state index < -0.39 is 0 Å². The van der Waals surface area contributed by atoms with Crippen molar-refractivity contribution in [1.29, 1.82) is 0 Å². The molecule has 2 heteroatoms. The van der Waals surface area contributed by atoms with Gasteiger partial charge in [0.05, 0.1) is 6.61 Å². The molecule has 1 aromatic carbocycles. The molecule has 1 aliphatic carbocycles. The molecule has 0 saturated heterocycles. The fourth-order valence-electron chi connectivity index (χ4n) is 3.33. The average molecular weight is 261 g/mol. The first-order valence-corrected chi connectivity index (χ1v) is 7.72. The van der Waals surface area contributed by atoms with Crippen LogP contribution in [0.4, 0.5) is 0 Å². The zero-order valence-electron chi connectivity index (χ0n) is 12.3. The highest BCUT2D eigenvalue weighted by Crippen LogP contribution is 2.37. The normalized spacial score (nSPS) is 23.9. The van der Waals surface area contributed by atoms with E-state index in [0.717, 1.165) is 24.8 Å². The van der Waals surface area contributed by atoms with Crippen LogP contribution >= 0.6 is 0 Å². The molecule has 0 bridgehead atoms. The van der Waals surface area contributed by atoms with E-state index in [4.69, 9.17) is 4.74 Å². The van der Waals surface area contributed by atoms with E-state index in [9.17, 15) is 0 Å². The molecule has 0 aromatic heterocycles. The third-order valence-corrected chi connectivity index (χ3v) is 4.22. The molecule has 1 aliphatic rings. The smallest absolute Gasteiger partial charge is 0.119 e. The van der Waals surface area contributed by atoms with E-state index in [1.54, 1.807) is 0 Å². The maximum absolute atomic E-state index is 5.65. The van der Waals surface area contributed by atoms with Crippen molar-refractivity contribution in [2.24, 2.45) is 5.92 Å². The van der Waals surface area contributed by atoms with Crippen molar-refractivity contribution in [3.8, 4) is 5.75 Å². The number of ether oxygens (including phenoxy) is 1. The van der Waals surface area contributed by atoms with Crippen LogP contribution in [0, 0.1) is 5.92 Å². The Hall–Kier alpha value is -1.02. The molecule has 2 atom stereocenters. The number of hydrogen-bond donors (Lipinski definition) is 1. The molecule has 19 heavy (non-hydrogen) atoms. The first-order valence-electron chi connectivity index (χ1n) is 7.72. The second kappa shape index (κ2) is 7.54. The van der Waals surface area contributed by atoms with Gasteiger partial charge in [-0.1, -0.05) is 31.4 Å². The summed E-state index contributed by atoms with van der Waals surface area (Å²) in [6.45, 7) is 3.92. The lowest BCUT2D eigenvalue weighted by atomic mass is 9.82. The molecule has 0 heterocycles. The maximum atomic E-state index is 5.65. The molecule has 106 valence electrons. The number of benzene rings is 1. The van der Waals surface area contributed by atoms with Crippen molar-refractivity contribution in [3.05, 3.63) is 29.8 Å². The number of rotatable bonds is 5. The summed E-state index contributed by atoms with van der Waals surface area (Å²) in [6.07, 6.45) is 6.81. The van der Waals surface area contributed by atoms with Crippen LogP contribution in [0.1, 0.15) is 50.5 Å². The van der Waals surface area contributed by atoms with Crippen molar-refractivity contribution in [2.75, 3.05) is 20.2 Å². The third-order valence-electron chi connectivity index (χ3n) is 4.22. The highest BCUT2D eigenvalue weighted by Gasteiger charge is 2.24. The minimum atomic E-state index is 0.690. The van der Waals surface area contributed by atoms with Crippen LogP contribution in [0.2, 0.25) is 0 Å². The molecular weight excluding hydrogens is 234 g/mol. The minimum Gasteiger partial charge on any atom is -0.494 e. The Balaban J connectivity index is 2.17. The largest absolute Gasteiger partial charge is 0.494 e. The van der Waals surface area contributed by atoms with Crippen LogP contribution in [-0.2, 0) is 0 Å². The zero-order valence-corrected chi connectivity index (χ0v) is 12.3. The van der Waals surface area contributed by atoms with Gasteiger partial charge < -0.3 is 10.1 Å². The van der Waals surface area contributed by atoms with Gasteiger partial charge in [-0.05, 0) is 62.9 Å². The summed E-state index contributed by atoms with van der Waals surface area (Å²) in [5, 5.41) is 3.37. The van der Waals surface area contributed by atoms with Crippen molar-refractivity contribution in [1.82, 2.24) is 5.32 Å². The molecule has 1 aromatic rings. The van der Waals surface area contributed by atoms with E-state index in [2.05, 4.69) is 36.6 Å². The molecule has 2 unspecified atom stereocenters. The molecule has 0 spiro atoms. The summed E-state index contributed by atoms with van der Waals surface area (Å²) in [5.41, 5.74) is 1.47. The van der Waals surface area contributed by atoms with Gasteiger partial charge >= 0.3 is 0 Å². The van der Waals surface area contributed by atoms with Gasteiger partial charge in [0.1, 0.15) is 5.75 Å². The van der Waals surface area contributed by atoms with Crippen LogP contribution in [0.15, 0.2) is 24.3 Å². The number of nitrogens with one attached hydrogen (secondary N) is 1. The fourth-order valence-corrected chi connectivity index (χ4v) is 3.33. The fraction of sp³-hybridized carbons (Fsp3) is 0.647. The van der Waals surface area contributed by atoms with Crippen LogP contribution in [0.25, 0.3) is 0 Å². The van der Waals surface area contributed by atoms with Gasteiger partial charge in [0.2, 0.25) is 0 Å². The Morgan fingerprint density at radius 3 is 2.84 bits per heavy atom. The third kappa shape index (κ3) is 3.97. The van der Waals surface area contributed by atoms with Gasteiger partial charge in [-0.25, -0.2) is 0 Å². The molecule has 0 amide bonds. The SMILES string of the molecule is CCOc1cccc(C2CCCCCC2CNC)c1. The topological polar surface area (TPSA) is 21.3 Å². The van der Waals surface area contributed by atoms with Gasteiger partial charge in [0, 0.05) is 0 Å². The Morgan fingerprint density at radius 2 is 2.05 bits per heavy atom. The van der Waals surface area contributed by atoms with Gasteiger partial charge in [-0.3, -0.25) is 0 Å². The monoisotopic (exact) mass is 261 g/mol. The maximum Gasteiger partial charge on any atom is 0.119 e. The van der Waals surface area contributed by atoms with Gasteiger partial charge in [0.15, 0.2) is 0 Å². The standard InChI is InChI=1S/C17H27NO/c1-3-19-16-10-7-9-14(12-16)17-11-6-4-5-8-15(17)13-18-2/h7,9-10,12,15,17-18H,3-6,8,11,13H2,1-2H3. The summed E-state index contributed by atoms with van der Waals surface area (Å²) in [4.78, 5) is 0. The van der Waals surface area contributed by atoms with Gasteiger partial charge in [0.25, 0.3) is 0 Å². The van der Waals surface area contributed by atoms with Crippen LogP contribution in [0.3, 0.4) is 0 Å². The highest BCUT2D eigenvalue weighted by atomic mass is 16.5. The first kappa shape index (κ1) is 14.4. The zero-order chi connectivity index (χ0) is 13.5. The summed E-state index contributed by atoms with van der Waals surface area (Å²) < 4.78 is 5.65. The number of hydrogen-bond acceptors (Lipinski definition) is 2. The molecule has 1 N–H and O–H groups in total. The predicted molar refractivity (Wildman–Crippen MR) is 80.9 cm³/mol. The molecular formula is C17H27NO. The van der Waals surface area contributed by atoms with Crippen molar-refractivity contribution in [3.63, 3.8) is 0 Å². The van der Waals surface area contributed by atoms with Crippen LogP contribution in [-0.4, -0.2) is 20.2 Å². The van der Waals surface area contributed by atoms with E-state index in [1.807, 2.05) is 6.92 Å². The summed E-state index contributed by atoms with van der Waals surface area (Å²) in [7, 11) is 2.07. The summed E-state index contributed by atoms with van der Waals surface area (Å²) in [6, 6.07) is 8.74. The van der Waals surface area contributed by atoms with E-state index in [0.29, 0.717) is 5.92 Å². The van der Waals surface area contributed by atoms with Crippen molar-refractivity contribution in [2.45, 2.75) is 44.9 Å². The lowest BCUT2D eigenvalue weighted by molar-refractivity contribution is 0.337. The molecule has 1 saturated carbocycles. The Bertz CT molecular complexity index is 377. The molecule has 0 aliphatic heterocycles. The van der Waals surface area contributed by atoms with E-state index >= 15 is 0 Å². The quantitative estimate of drug-likeness (QED) is 0.810. The van der Waals surface area contributed by atoms with Crippen molar-refractivity contribution >= 4 is 0 Å². The summed E-state index contributed by atoms with van der Waals surface area (Å²) in [5.74, 6) is 2.48. The van der Waals surface area contributed by atoms with E-state index in [1.165, 1.54) is 37.7 Å². The second-order valence-electron chi connectivity index (χ2n) is 5.57. The van der Waals surface area contributed by atoms with Gasteiger partial charge in [-0.2, -0.15) is 0 Å². The molecule has 2 rings (SSSR count). The Kier molecular flexibility index (Phi) is 5.71. The molecule has 0 radical (unpaired) electrons. The predicted octanol–water partition coefficient (Wildman–Crippen LogP) is 3.97. The average Bonchev–Trinajstić information content (AvgIpc) is 2.65. The van der Waals surface area contributed by atoms with Crippen LogP contribution < -0.4 is 10.1 Å². The van der Waals surface area contributed by atoms with Crippen LogP contribution in [0.5, 0.6) is 5.75 Å². The highest BCUT2D eigenvalue weighted by molar-refractivity contribution is 5.31. The second-order valence-corrected chi connectivity index (χ2v) is 5.57. The Morgan fingerprint density at radius 1 is 1.21 bits per heavy atom. The first-order chi connectivity index (χ1) is 9.35. The van der Waals surface area contributed by atoms with Crippen molar-refractivity contribution < 1.29 is 4.74 Å². The molecule has 1 fully saturated rings. The van der Waals surface area contributed by atoms with E-state index in [-0.39, 0.29) is 0 Å². The lowest BCUT2D eigenvalue weighted by Crippen LogP contribution is -2.24. The summed E-state index contributed by atoms with van der Waals surface area (Å²) >= 11 is 0.